The van der Waals surface area contributed by atoms with Crippen LogP contribution in [0.3, 0.4) is 0 Å². The Morgan fingerprint density at radius 2 is 1.96 bits per heavy atom. The molecule has 27 heavy (non-hydrogen) atoms. The monoisotopic (exact) mass is 402 g/mol. The van der Waals surface area contributed by atoms with E-state index in [0.29, 0.717) is 15.9 Å². The minimum Gasteiger partial charge on any atom is -0.461 e. The number of anilines is 1. The SMILES string of the molecule is CCOC(=O)C(=NNc1ccc(Cl)cc1)Sc1nnnn1-c1ccccc1. The molecule has 0 aliphatic carbocycles. The fourth-order valence-electron chi connectivity index (χ4n) is 2.00. The second-order valence-electron chi connectivity index (χ2n) is 5.07. The molecule has 0 atom stereocenters. The Morgan fingerprint density at radius 3 is 2.67 bits per heavy atom. The lowest BCUT2D eigenvalue weighted by Gasteiger charge is -2.07. The second kappa shape index (κ2) is 9.15. The maximum absolute atomic E-state index is 12.3. The molecule has 0 unspecified atom stereocenters. The van der Waals surface area contributed by atoms with Gasteiger partial charge in [0, 0.05) is 5.02 Å². The Kier molecular flexibility index (Phi) is 6.39. The van der Waals surface area contributed by atoms with Gasteiger partial charge in [0.05, 0.1) is 18.0 Å². The van der Waals surface area contributed by atoms with Crippen molar-refractivity contribution in [2.45, 2.75) is 12.1 Å². The maximum atomic E-state index is 12.3. The smallest absolute Gasteiger partial charge is 0.365 e. The van der Waals surface area contributed by atoms with Crippen LogP contribution >= 0.6 is 23.4 Å². The number of esters is 1. The van der Waals surface area contributed by atoms with Crippen molar-refractivity contribution in [3.8, 4) is 5.69 Å². The molecule has 0 amide bonds. The van der Waals surface area contributed by atoms with Gasteiger partial charge < -0.3 is 4.74 Å². The zero-order valence-electron chi connectivity index (χ0n) is 14.2. The van der Waals surface area contributed by atoms with Gasteiger partial charge >= 0.3 is 5.97 Å². The molecule has 0 saturated carbocycles. The third-order valence-corrected chi connectivity index (χ3v) is 4.35. The van der Waals surface area contributed by atoms with Crippen molar-refractivity contribution in [3.05, 3.63) is 59.6 Å². The van der Waals surface area contributed by atoms with Crippen LogP contribution in [-0.2, 0) is 9.53 Å². The zero-order chi connectivity index (χ0) is 19.1. The Hall–Kier alpha value is -2.91. The number of rotatable bonds is 5. The number of halogens is 1. The minimum absolute atomic E-state index is 0.0683. The largest absolute Gasteiger partial charge is 0.461 e. The zero-order valence-corrected chi connectivity index (χ0v) is 15.8. The van der Waals surface area contributed by atoms with Gasteiger partial charge in [0.1, 0.15) is 0 Å². The summed E-state index contributed by atoms with van der Waals surface area (Å²) < 4.78 is 6.59. The normalized spacial score (nSPS) is 11.3. The van der Waals surface area contributed by atoms with E-state index in [0.717, 1.165) is 17.4 Å². The van der Waals surface area contributed by atoms with Gasteiger partial charge in [-0.05, 0) is 65.5 Å². The van der Waals surface area contributed by atoms with E-state index < -0.39 is 5.97 Å². The summed E-state index contributed by atoms with van der Waals surface area (Å²) in [4.78, 5) is 12.3. The molecule has 0 aliphatic rings. The Balaban J connectivity index is 1.84. The lowest BCUT2D eigenvalue weighted by molar-refractivity contribution is -0.134. The molecule has 10 heteroatoms. The van der Waals surface area contributed by atoms with Gasteiger partial charge in [-0.1, -0.05) is 29.8 Å². The van der Waals surface area contributed by atoms with E-state index in [1.807, 2.05) is 30.3 Å². The molecule has 8 nitrogen and oxygen atoms in total. The average Bonchev–Trinajstić information content (AvgIpc) is 3.15. The van der Waals surface area contributed by atoms with Crippen LogP contribution in [0.1, 0.15) is 6.92 Å². The van der Waals surface area contributed by atoms with Crippen LogP contribution in [0, 0.1) is 0 Å². The van der Waals surface area contributed by atoms with E-state index in [2.05, 4.69) is 26.1 Å². The van der Waals surface area contributed by atoms with Gasteiger partial charge in [0.2, 0.25) is 10.2 Å². The summed E-state index contributed by atoms with van der Waals surface area (Å²) in [6, 6.07) is 16.3. The first-order chi connectivity index (χ1) is 13.2. The standard InChI is InChI=1S/C17H15ClN6O2S/c1-2-26-16(25)15(20-19-13-10-8-12(18)9-11-13)27-17-21-22-23-24(17)14-6-4-3-5-7-14/h3-11,19H,2H2,1H3. The molecule has 1 heterocycles. The summed E-state index contributed by atoms with van der Waals surface area (Å²) in [6.45, 7) is 1.95. The highest BCUT2D eigenvalue weighted by Crippen LogP contribution is 2.21. The van der Waals surface area contributed by atoms with Crippen LogP contribution in [0.25, 0.3) is 5.69 Å². The van der Waals surface area contributed by atoms with Gasteiger partial charge in [0.15, 0.2) is 0 Å². The molecule has 0 saturated heterocycles. The molecular formula is C17H15ClN6O2S. The molecule has 2 aromatic carbocycles. The highest BCUT2D eigenvalue weighted by molar-refractivity contribution is 8.15. The summed E-state index contributed by atoms with van der Waals surface area (Å²) in [5.74, 6) is -0.577. The lowest BCUT2D eigenvalue weighted by Crippen LogP contribution is -2.17. The molecule has 0 aliphatic heterocycles. The number of carbonyl (C=O) groups excluding carboxylic acids is 1. The van der Waals surface area contributed by atoms with E-state index in [1.54, 1.807) is 31.2 Å². The van der Waals surface area contributed by atoms with Gasteiger partial charge in [-0.15, -0.1) is 5.10 Å². The van der Waals surface area contributed by atoms with E-state index in [4.69, 9.17) is 16.3 Å². The highest BCUT2D eigenvalue weighted by Gasteiger charge is 2.20. The Labute approximate surface area is 164 Å². The maximum Gasteiger partial charge on any atom is 0.365 e. The molecular weight excluding hydrogens is 388 g/mol. The number of nitrogens with one attached hydrogen (secondary N) is 1. The van der Waals surface area contributed by atoms with Crippen molar-refractivity contribution >= 4 is 40.1 Å². The van der Waals surface area contributed by atoms with Crippen LogP contribution in [0.15, 0.2) is 64.9 Å². The predicted octanol–water partition coefficient (Wildman–Crippen LogP) is 3.40. The van der Waals surface area contributed by atoms with Crippen LogP contribution in [0.5, 0.6) is 0 Å². The van der Waals surface area contributed by atoms with Crippen LogP contribution in [-0.4, -0.2) is 37.8 Å². The van der Waals surface area contributed by atoms with Gasteiger partial charge in [-0.25, -0.2) is 4.79 Å². The van der Waals surface area contributed by atoms with Crippen LogP contribution < -0.4 is 5.43 Å². The topological polar surface area (TPSA) is 94.3 Å². The molecule has 0 bridgehead atoms. The average molecular weight is 403 g/mol. The summed E-state index contributed by atoms with van der Waals surface area (Å²) in [7, 11) is 0. The minimum atomic E-state index is -0.577. The van der Waals surface area contributed by atoms with E-state index in [1.165, 1.54) is 4.68 Å². The fraction of sp³-hybridized carbons (Fsp3) is 0.118. The number of tetrazole rings is 1. The molecule has 1 N–H and O–H groups in total. The molecule has 0 fully saturated rings. The van der Waals surface area contributed by atoms with Crippen molar-refractivity contribution in [2.75, 3.05) is 12.0 Å². The van der Waals surface area contributed by atoms with Crippen molar-refractivity contribution in [1.82, 2.24) is 20.2 Å². The lowest BCUT2D eigenvalue weighted by atomic mass is 10.3. The van der Waals surface area contributed by atoms with E-state index in [-0.39, 0.29) is 11.7 Å². The number of hydrazone groups is 1. The molecule has 138 valence electrons. The number of hydrogen-bond acceptors (Lipinski definition) is 8. The van der Waals surface area contributed by atoms with Gasteiger partial charge in [-0.3, -0.25) is 5.43 Å². The Bertz CT molecular complexity index is 930. The van der Waals surface area contributed by atoms with Gasteiger partial charge in [0.25, 0.3) is 0 Å². The predicted molar refractivity (Wildman–Crippen MR) is 104 cm³/mol. The highest BCUT2D eigenvalue weighted by atomic mass is 35.5. The molecule has 3 aromatic rings. The van der Waals surface area contributed by atoms with Crippen molar-refractivity contribution < 1.29 is 9.53 Å². The number of hydrogen-bond donors (Lipinski definition) is 1. The number of carbonyl (C=O) groups is 1. The van der Waals surface area contributed by atoms with Crippen molar-refractivity contribution in [3.63, 3.8) is 0 Å². The van der Waals surface area contributed by atoms with Gasteiger partial charge in [-0.2, -0.15) is 9.78 Å². The number of benzene rings is 2. The molecule has 3 rings (SSSR count). The van der Waals surface area contributed by atoms with E-state index in [9.17, 15) is 4.79 Å². The summed E-state index contributed by atoms with van der Waals surface area (Å²) >= 11 is 6.87. The third-order valence-electron chi connectivity index (χ3n) is 3.21. The summed E-state index contributed by atoms with van der Waals surface area (Å²) in [5.41, 5.74) is 4.25. The number of aromatic nitrogens is 4. The van der Waals surface area contributed by atoms with Crippen molar-refractivity contribution in [1.29, 1.82) is 0 Å². The third kappa shape index (κ3) is 5.05. The molecule has 0 radical (unpaired) electrons. The van der Waals surface area contributed by atoms with E-state index >= 15 is 0 Å². The second-order valence-corrected chi connectivity index (χ2v) is 6.46. The summed E-state index contributed by atoms with van der Waals surface area (Å²) in [6.07, 6.45) is 0. The number of nitrogens with zero attached hydrogens (tertiary/aromatic N) is 5. The summed E-state index contributed by atoms with van der Waals surface area (Å²) in [5, 5.41) is 16.8. The Morgan fingerprint density at radius 1 is 1.22 bits per heavy atom. The van der Waals surface area contributed by atoms with Crippen LogP contribution in [0.2, 0.25) is 5.02 Å². The first kappa shape index (κ1) is 18.9. The van der Waals surface area contributed by atoms with Crippen LogP contribution in [0.4, 0.5) is 5.69 Å². The first-order valence-electron chi connectivity index (χ1n) is 7.95. The number of thioether (sulfide) groups is 1. The molecule has 0 spiro atoms. The quantitative estimate of drug-likeness (QED) is 0.230. The number of ether oxygens (including phenoxy) is 1. The first-order valence-corrected chi connectivity index (χ1v) is 9.15. The number of para-hydroxylation sites is 1. The molecule has 1 aromatic heterocycles. The fourth-order valence-corrected chi connectivity index (χ4v) is 2.84. The van der Waals surface area contributed by atoms with Crippen molar-refractivity contribution in [2.24, 2.45) is 5.10 Å².